The van der Waals surface area contributed by atoms with Gasteiger partial charge in [-0.3, -0.25) is 24.5 Å². The van der Waals surface area contributed by atoms with Crippen LogP contribution in [-0.4, -0.2) is 74.0 Å². The number of hydrogen-bond donors (Lipinski definition) is 2. The number of amides is 2. The van der Waals surface area contributed by atoms with Gasteiger partial charge in [-0.15, -0.1) is 0 Å². The molecule has 11 nitrogen and oxygen atoms in total. The first kappa shape index (κ1) is 33.6. The third-order valence-electron chi connectivity index (χ3n) is 10.3. The van der Waals surface area contributed by atoms with Crippen molar-refractivity contribution in [3.05, 3.63) is 76.3 Å². The monoisotopic (exact) mass is 724 g/mol. The van der Waals surface area contributed by atoms with E-state index in [1.54, 1.807) is 19.5 Å². The number of carbonyl (C=O) groups is 2. The fraction of sp³-hybridized carbons (Fsp3) is 0.368. The molecule has 13 heteroatoms. The molecule has 3 aliphatic heterocycles. The van der Waals surface area contributed by atoms with E-state index in [1.165, 1.54) is 0 Å². The van der Waals surface area contributed by atoms with E-state index in [0.29, 0.717) is 52.1 Å². The number of hydrogen-bond acceptors (Lipinski definition) is 8. The molecule has 6 heterocycles. The van der Waals surface area contributed by atoms with Gasteiger partial charge in [-0.05, 0) is 25.7 Å². The van der Waals surface area contributed by atoms with E-state index in [1.807, 2.05) is 48.0 Å². The molecule has 2 amide bonds. The number of rotatable bonds is 10. The molecule has 262 valence electrons. The highest BCUT2D eigenvalue weighted by Gasteiger charge is 2.48. The van der Waals surface area contributed by atoms with Crippen LogP contribution in [0.15, 0.2) is 55.0 Å². The van der Waals surface area contributed by atoms with Crippen LogP contribution in [0, 0.1) is 5.41 Å². The smallest absolute Gasteiger partial charge is 0.235 e. The molecule has 0 bridgehead atoms. The van der Waals surface area contributed by atoms with Gasteiger partial charge >= 0.3 is 0 Å². The number of aromatic nitrogens is 5. The number of halogens is 2. The quantitative estimate of drug-likeness (QED) is 0.180. The molecule has 1 atom stereocenters. The number of aryl methyl sites for hydroxylation is 2. The second-order valence-corrected chi connectivity index (χ2v) is 14.8. The summed E-state index contributed by atoms with van der Waals surface area (Å²) in [5.74, 6) is 0.731. The summed E-state index contributed by atoms with van der Waals surface area (Å²) in [7, 11) is 3.57. The minimum Gasteiger partial charge on any atom is -0.480 e. The Morgan fingerprint density at radius 3 is 2.27 bits per heavy atom. The molecule has 3 aliphatic rings. The molecule has 1 spiro atoms. The minimum atomic E-state index is 0.0762. The second kappa shape index (κ2) is 13.5. The number of benzene rings is 2. The Morgan fingerprint density at radius 2 is 1.63 bits per heavy atom. The van der Waals surface area contributed by atoms with Crippen LogP contribution in [0.25, 0.3) is 44.8 Å². The van der Waals surface area contributed by atoms with Crippen molar-refractivity contribution in [1.29, 1.82) is 0 Å². The van der Waals surface area contributed by atoms with Crippen LogP contribution in [0.5, 0.6) is 5.88 Å². The minimum absolute atomic E-state index is 0.0762. The van der Waals surface area contributed by atoms with Gasteiger partial charge in [-0.2, -0.15) is 0 Å². The molecule has 8 rings (SSSR count). The van der Waals surface area contributed by atoms with Crippen molar-refractivity contribution in [3.8, 4) is 39.5 Å². The van der Waals surface area contributed by atoms with E-state index in [2.05, 4.69) is 21.7 Å². The molecule has 3 fully saturated rings. The molecule has 0 saturated carbocycles. The van der Waals surface area contributed by atoms with Gasteiger partial charge in [-0.1, -0.05) is 59.6 Å². The topological polar surface area (TPSA) is 127 Å². The van der Waals surface area contributed by atoms with Crippen molar-refractivity contribution in [1.82, 2.24) is 40.0 Å². The highest BCUT2D eigenvalue weighted by atomic mass is 35.5. The molecule has 2 N–H and O–H groups in total. The summed E-state index contributed by atoms with van der Waals surface area (Å²) in [6, 6.07) is 11.8. The maximum absolute atomic E-state index is 11.8. The van der Waals surface area contributed by atoms with Crippen LogP contribution in [0.2, 0.25) is 10.0 Å². The first-order valence-corrected chi connectivity index (χ1v) is 18.0. The summed E-state index contributed by atoms with van der Waals surface area (Å²) >= 11 is 14.2. The maximum atomic E-state index is 11.8. The van der Waals surface area contributed by atoms with Crippen LogP contribution >= 0.6 is 23.2 Å². The van der Waals surface area contributed by atoms with E-state index in [9.17, 15) is 9.59 Å². The zero-order valence-electron chi connectivity index (χ0n) is 28.5. The van der Waals surface area contributed by atoms with Crippen LogP contribution in [0.4, 0.5) is 0 Å². The summed E-state index contributed by atoms with van der Waals surface area (Å²) in [5.41, 5.74) is 7.82. The number of carbonyl (C=O) groups excluding carboxylic acids is 2. The van der Waals surface area contributed by atoms with E-state index < -0.39 is 0 Å². The summed E-state index contributed by atoms with van der Waals surface area (Å²) in [6.07, 6.45) is 10.1. The Bertz CT molecular complexity index is 2180. The summed E-state index contributed by atoms with van der Waals surface area (Å²) in [4.78, 5) is 45.0. The lowest BCUT2D eigenvalue weighted by atomic mass is 9.79. The third-order valence-corrected chi connectivity index (χ3v) is 11.2. The number of nitrogens with zero attached hydrogens (tertiary/aromatic N) is 6. The molecule has 0 unspecified atom stereocenters. The molecule has 5 aromatic rings. The normalized spacial score (nSPS) is 18.3. The Balaban J connectivity index is 1.02. The fourth-order valence-electron chi connectivity index (χ4n) is 7.83. The molecule has 3 aromatic heterocycles. The van der Waals surface area contributed by atoms with Gasteiger partial charge in [0.05, 0.1) is 40.9 Å². The van der Waals surface area contributed by atoms with Crippen molar-refractivity contribution in [2.45, 2.75) is 51.1 Å². The van der Waals surface area contributed by atoms with Gasteiger partial charge in [0.1, 0.15) is 11.2 Å². The van der Waals surface area contributed by atoms with Gasteiger partial charge in [-0.25, -0.2) is 9.97 Å². The Hall–Kier alpha value is -4.58. The van der Waals surface area contributed by atoms with E-state index in [-0.39, 0.29) is 23.3 Å². The van der Waals surface area contributed by atoms with Crippen molar-refractivity contribution < 1.29 is 14.3 Å². The predicted molar refractivity (Wildman–Crippen MR) is 196 cm³/mol. The van der Waals surface area contributed by atoms with Gasteiger partial charge in [0.15, 0.2) is 5.65 Å². The predicted octanol–water partition coefficient (Wildman–Crippen LogP) is 6.00. The van der Waals surface area contributed by atoms with Crippen LogP contribution < -0.4 is 15.4 Å². The largest absolute Gasteiger partial charge is 0.480 e. The van der Waals surface area contributed by atoms with Crippen molar-refractivity contribution in [2.75, 3.05) is 26.7 Å². The van der Waals surface area contributed by atoms with Gasteiger partial charge in [0, 0.05) is 91.5 Å². The molecular formula is C38H38Cl2N8O3. The van der Waals surface area contributed by atoms with Crippen LogP contribution in [0.1, 0.15) is 43.4 Å². The third kappa shape index (κ3) is 6.43. The van der Waals surface area contributed by atoms with Gasteiger partial charge in [0.2, 0.25) is 17.7 Å². The molecular weight excluding hydrogens is 687 g/mol. The zero-order valence-corrected chi connectivity index (χ0v) is 30.0. The number of likely N-dealkylation sites (tertiary alicyclic amines) is 1. The van der Waals surface area contributed by atoms with Crippen molar-refractivity contribution in [2.24, 2.45) is 12.5 Å². The van der Waals surface area contributed by atoms with Gasteiger partial charge in [0.25, 0.3) is 0 Å². The second-order valence-electron chi connectivity index (χ2n) is 14.0. The zero-order chi connectivity index (χ0) is 35.3. The first-order valence-electron chi connectivity index (χ1n) is 17.3. The molecule has 0 aliphatic carbocycles. The lowest BCUT2D eigenvalue weighted by Crippen LogP contribution is -2.56. The average molecular weight is 726 g/mol. The number of nitrogens with one attached hydrogen (secondary N) is 2. The highest BCUT2D eigenvalue weighted by molar-refractivity contribution is 6.39. The number of ether oxygens (including phenoxy) is 1. The summed E-state index contributed by atoms with van der Waals surface area (Å²) < 4.78 is 7.64. The Kier molecular flexibility index (Phi) is 8.90. The molecule has 51 heavy (non-hydrogen) atoms. The lowest BCUT2D eigenvalue weighted by molar-refractivity contribution is -0.121. The lowest BCUT2D eigenvalue weighted by Gasteiger charge is -2.47. The van der Waals surface area contributed by atoms with Crippen molar-refractivity contribution >= 4 is 46.2 Å². The number of methoxy groups -OCH3 is 1. The van der Waals surface area contributed by atoms with E-state index in [0.717, 1.165) is 84.6 Å². The molecule has 3 saturated heterocycles. The van der Waals surface area contributed by atoms with Gasteiger partial charge < -0.3 is 19.9 Å². The summed E-state index contributed by atoms with van der Waals surface area (Å²) in [6.45, 7) is 3.31. The highest BCUT2D eigenvalue weighted by Crippen LogP contribution is 2.42. The average Bonchev–Trinajstić information content (AvgIpc) is 3.81. The van der Waals surface area contributed by atoms with Crippen LogP contribution in [-0.2, 0) is 29.6 Å². The standard InChI is InChI=1S/C38H38Cl2N8O3/c1-47-17-22(18-48-20-38(21-48)14-32(50)43-19-38)35-36(47)45-29(16-42-35)26-9-4-7-24(33(26)39)25-8-5-10-27(34(25)40)30-15-41-28(37(46-30)51-2)11-3-6-23-12-13-31(49)44-23/h4-5,7-10,15-17,23H,3,6,11-14,18-21H2,1-2H3,(H,43,50)(H,44,49)/t23-/m0/s1. The van der Waals surface area contributed by atoms with Crippen LogP contribution in [0.3, 0.4) is 0 Å². The molecule has 0 radical (unpaired) electrons. The van der Waals surface area contributed by atoms with E-state index >= 15 is 0 Å². The maximum Gasteiger partial charge on any atom is 0.235 e. The SMILES string of the molecule is COc1nc(-c2cccc(-c3cccc(-c4cnc5c(CN6CC7(CNC(=O)C7)C6)cn(C)c5n4)c3Cl)c2Cl)cnc1CCC[C@H]1CCC(=O)N1. The Labute approximate surface area is 305 Å². The Morgan fingerprint density at radius 1 is 0.941 bits per heavy atom. The first-order chi connectivity index (χ1) is 24.7. The van der Waals surface area contributed by atoms with E-state index in [4.69, 9.17) is 47.9 Å². The summed E-state index contributed by atoms with van der Waals surface area (Å²) in [5, 5.41) is 7.01. The molecule has 2 aromatic carbocycles. The van der Waals surface area contributed by atoms with Crippen molar-refractivity contribution in [3.63, 3.8) is 0 Å². The number of fused-ring (bicyclic) bond motifs is 1. The fourth-order valence-corrected chi connectivity index (χ4v) is 8.48.